The van der Waals surface area contributed by atoms with Gasteiger partial charge in [0.15, 0.2) is 0 Å². The van der Waals surface area contributed by atoms with Crippen LogP contribution in [0.25, 0.3) is 5.57 Å². The van der Waals surface area contributed by atoms with E-state index in [1.165, 1.54) is 48.5 Å². The molecule has 0 aromatic heterocycles. The first-order valence-electron chi connectivity index (χ1n) is 10.2. The highest BCUT2D eigenvalue weighted by atomic mass is 16.6. The van der Waals surface area contributed by atoms with Crippen LogP contribution in [0.5, 0.6) is 0 Å². The highest BCUT2D eigenvalue weighted by molar-refractivity contribution is 6.46. The number of anilines is 2. The van der Waals surface area contributed by atoms with Crippen LogP contribution >= 0.6 is 0 Å². The molecule has 2 amide bonds. The summed E-state index contributed by atoms with van der Waals surface area (Å²) in [5, 5.41) is 23.1. The summed E-state index contributed by atoms with van der Waals surface area (Å²) in [7, 11) is 0. The number of rotatable bonds is 6. The smallest absolute Gasteiger partial charge is 0.282 e. The van der Waals surface area contributed by atoms with Crippen LogP contribution in [0.1, 0.15) is 23.6 Å². The number of nitriles is 1. The van der Waals surface area contributed by atoms with Crippen LogP contribution in [0.2, 0.25) is 0 Å². The van der Waals surface area contributed by atoms with Crippen molar-refractivity contribution in [1.82, 2.24) is 0 Å². The van der Waals surface area contributed by atoms with Crippen molar-refractivity contribution in [3.8, 4) is 6.07 Å². The van der Waals surface area contributed by atoms with Crippen molar-refractivity contribution in [2.45, 2.75) is 13.3 Å². The number of hydrogen-bond acceptors (Lipinski definition) is 6. The summed E-state index contributed by atoms with van der Waals surface area (Å²) < 4.78 is 0. The summed E-state index contributed by atoms with van der Waals surface area (Å²) in [6.45, 7) is 2.03. The quantitative estimate of drug-likeness (QED) is 0.346. The molecule has 8 heteroatoms. The Morgan fingerprint density at radius 2 is 1.58 bits per heavy atom. The standard InChI is InChI=1S/C25H18N4O4/c1-2-16-3-9-19(10-4-16)27-23-22(18-7-13-21(14-8-18)29(32)33)24(30)28(25(23)31)20-11-5-17(15-26)6-12-20/h3-14,27H,2H2,1H3. The molecule has 0 atom stereocenters. The summed E-state index contributed by atoms with van der Waals surface area (Å²) in [6.07, 6.45) is 0.862. The molecule has 0 saturated heterocycles. The molecule has 4 rings (SSSR count). The molecular formula is C25H18N4O4. The fraction of sp³-hybridized carbons (Fsp3) is 0.0800. The third kappa shape index (κ3) is 4.07. The minimum absolute atomic E-state index is 0.0717. The number of carbonyl (C=O) groups excluding carboxylic acids is 2. The lowest BCUT2D eigenvalue weighted by Gasteiger charge is -2.15. The molecule has 33 heavy (non-hydrogen) atoms. The van der Waals surface area contributed by atoms with Crippen LogP contribution in [0.3, 0.4) is 0 Å². The molecule has 0 fully saturated rings. The fourth-order valence-electron chi connectivity index (χ4n) is 3.55. The van der Waals surface area contributed by atoms with Gasteiger partial charge >= 0.3 is 0 Å². The average molecular weight is 438 g/mol. The predicted octanol–water partition coefficient (Wildman–Crippen LogP) is 4.43. The highest BCUT2D eigenvalue weighted by Crippen LogP contribution is 2.34. The van der Waals surface area contributed by atoms with Gasteiger partial charge in [0.1, 0.15) is 5.70 Å². The van der Waals surface area contributed by atoms with Gasteiger partial charge in [0, 0.05) is 17.8 Å². The molecule has 1 heterocycles. The lowest BCUT2D eigenvalue weighted by Crippen LogP contribution is -2.32. The summed E-state index contributed by atoms with van der Waals surface area (Å²) in [4.78, 5) is 38.3. The predicted molar refractivity (Wildman–Crippen MR) is 123 cm³/mol. The van der Waals surface area contributed by atoms with E-state index >= 15 is 0 Å². The maximum absolute atomic E-state index is 13.4. The maximum Gasteiger partial charge on any atom is 0.282 e. The normalized spacial score (nSPS) is 13.3. The van der Waals surface area contributed by atoms with Crippen LogP contribution in [0.4, 0.5) is 17.1 Å². The number of aryl methyl sites for hydroxylation is 1. The average Bonchev–Trinajstić information content (AvgIpc) is 3.08. The molecule has 3 aromatic rings. The number of nitro groups is 1. The van der Waals surface area contributed by atoms with Crippen molar-refractivity contribution in [2.75, 3.05) is 10.2 Å². The van der Waals surface area contributed by atoms with Gasteiger partial charge in [0.2, 0.25) is 0 Å². The van der Waals surface area contributed by atoms with E-state index in [2.05, 4.69) is 5.32 Å². The Morgan fingerprint density at radius 3 is 2.12 bits per heavy atom. The minimum Gasteiger partial charge on any atom is -0.350 e. The molecule has 1 aliphatic rings. The van der Waals surface area contributed by atoms with Crippen molar-refractivity contribution in [1.29, 1.82) is 5.26 Å². The molecule has 0 spiro atoms. The first-order chi connectivity index (χ1) is 15.9. The topological polar surface area (TPSA) is 116 Å². The molecule has 0 saturated carbocycles. The van der Waals surface area contributed by atoms with Crippen molar-refractivity contribution in [3.05, 3.63) is 105 Å². The molecule has 3 aromatic carbocycles. The number of amides is 2. The molecule has 1 aliphatic heterocycles. The van der Waals surface area contributed by atoms with Crippen molar-refractivity contribution in [3.63, 3.8) is 0 Å². The Hall–Kier alpha value is -4.77. The molecule has 0 unspecified atom stereocenters. The van der Waals surface area contributed by atoms with E-state index in [1.54, 1.807) is 0 Å². The number of imide groups is 1. The Balaban J connectivity index is 1.78. The second-order valence-corrected chi connectivity index (χ2v) is 7.33. The second kappa shape index (κ2) is 8.77. The highest BCUT2D eigenvalue weighted by Gasteiger charge is 2.40. The number of hydrogen-bond donors (Lipinski definition) is 1. The van der Waals surface area contributed by atoms with E-state index in [9.17, 15) is 19.7 Å². The van der Waals surface area contributed by atoms with Gasteiger partial charge in [-0.3, -0.25) is 19.7 Å². The van der Waals surface area contributed by atoms with Gasteiger partial charge in [-0.1, -0.05) is 19.1 Å². The maximum atomic E-state index is 13.4. The van der Waals surface area contributed by atoms with E-state index in [0.29, 0.717) is 22.5 Å². The largest absolute Gasteiger partial charge is 0.350 e. The van der Waals surface area contributed by atoms with Gasteiger partial charge in [0.05, 0.1) is 27.8 Å². The van der Waals surface area contributed by atoms with E-state index in [0.717, 1.165) is 16.9 Å². The first kappa shape index (κ1) is 21.5. The van der Waals surface area contributed by atoms with Gasteiger partial charge in [-0.05, 0) is 66.1 Å². The molecule has 1 N–H and O–H groups in total. The molecule has 0 bridgehead atoms. The lowest BCUT2D eigenvalue weighted by atomic mass is 10.0. The van der Waals surface area contributed by atoms with E-state index in [1.807, 2.05) is 37.3 Å². The number of nitrogens with zero attached hydrogens (tertiary/aromatic N) is 3. The van der Waals surface area contributed by atoms with Gasteiger partial charge in [-0.25, -0.2) is 4.90 Å². The van der Waals surface area contributed by atoms with E-state index in [4.69, 9.17) is 5.26 Å². The number of nitro benzene ring substituents is 1. The zero-order valence-electron chi connectivity index (χ0n) is 17.6. The Morgan fingerprint density at radius 1 is 0.939 bits per heavy atom. The third-order valence-electron chi connectivity index (χ3n) is 5.34. The second-order valence-electron chi connectivity index (χ2n) is 7.33. The van der Waals surface area contributed by atoms with Crippen LogP contribution in [0, 0.1) is 21.4 Å². The number of carbonyl (C=O) groups is 2. The zero-order chi connectivity index (χ0) is 23.5. The van der Waals surface area contributed by atoms with E-state index < -0.39 is 16.7 Å². The van der Waals surface area contributed by atoms with Crippen LogP contribution in [0.15, 0.2) is 78.5 Å². The minimum atomic E-state index is -0.564. The van der Waals surface area contributed by atoms with Gasteiger partial charge in [0.25, 0.3) is 17.5 Å². The van der Waals surface area contributed by atoms with Crippen LogP contribution < -0.4 is 10.2 Å². The van der Waals surface area contributed by atoms with Crippen molar-refractivity contribution in [2.24, 2.45) is 0 Å². The molecule has 0 radical (unpaired) electrons. The lowest BCUT2D eigenvalue weighted by molar-refractivity contribution is -0.384. The van der Waals surface area contributed by atoms with Gasteiger partial charge < -0.3 is 5.32 Å². The number of non-ortho nitro benzene ring substituents is 1. The van der Waals surface area contributed by atoms with Crippen LogP contribution in [-0.4, -0.2) is 16.7 Å². The Kier molecular flexibility index (Phi) is 5.70. The zero-order valence-corrected chi connectivity index (χ0v) is 17.6. The number of nitrogens with one attached hydrogen (secondary N) is 1. The first-order valence-corrected chi connectivity index (χ1v) is 10.2. The molecule has 162 valence electrons. The monoisotopic (exact) mass is 438 g/mol. The Labute approximate surface area is 189 Å². The molecule has 8 nitrogen and oxygen atoms in total. The summed E-state index contributed by atoms with van der Waals surface area (Å²) >= 11 is 0. The Bertz CT molecular complexity index is 1320. The van der Waals surface area contributed by atoms with Gasteiger partial charge in [-0.2, -0.15) is 5.26 Å². The van der Waals surface area contributed by atoms with Crippen molar-refractivity contribution >= 4 is 34.4 Å². The fourth-order valence-corrected chi connectivity index (χ4v) is 3.55. The summed E-state index contributed by atoms with van der Waals surface area (Å²) in [6, 6.07) is 21.1. The van der Waals surface area contributed by atoms with Gasteiger partial charge in [-0.15, -0.1) is 0 Å². The van der Waals surface area contributed by atoms with Crippen molar-refractivity contribution < 1.29 is 14.5 Å². The molecule has 0 aliphatic carbocycles. The summed E-state index contributed by atoms with van der Waals surface area (Å²) in [5.74, 6) is -1.12. The third-order valence-corrected chi connectivity index (χ3v) is 5.34. The van der Waals surface area contributed by atoms with Crippen LogP contribution in [-0.2, 0) is 16.0 Å². The summed E-state index contributed by atoms with van der Waals surface area (Å²) in [5.41, 5.74) is 2.91. The van der Waals surface area contributed by atoms with E-state index in [-0.39, 0.29) is 17.0 Å². The number of benzene rings is 3. The SMILES string of the molecule is CCc1ccc(NC2=C(c3ccc([N+](=O)[O-])cc3)C(=O)N(c3ccc(C#N)cc3)C2=O)cc1. The molecular weight excluding hydrogens is 420 g/mol.